The van der Waals surface area contributed by atoms with Gasteiger partial charge in [-0.15, -0.1) is 22.9 Å². The summed E-state index contributed by atoms with van der Waals surface area (Å²) in [7, 11) is 0. The number of rotatable bonds is 4. The molecule has 0 aliphatic rings. The Balaban J connectivity index is 2.13. The Hall–Kier alpha value is -1.52. The normalized spacial score (nSPS) is 11.1. The molecule has 0 radical (unpaired) electrons. The van der Waals surface area contributed by atoms with E-state index in [2.05, 4.69) is 28.4 Å². The molecule has 19 heavy (non-hydrogen) atoms. The largest absolute Gasteiger partial charge is 0.325 e. The molecule has 3 rings (SSSR count). The van der Waals surface area contributed by atoms with Gasteiger partial charge in [-0.2, -0.15) is 0 Å². The minimum atomic E-state index is 0.455. The van der Waals surface area contributed by atoms with Crippen LogP contribution in [0.4, 0.5) is 11.5 Å². The average Bonchev–Trinajstić information content (AvgIpc) is 3.01. The molecule has 0 aliphatic heterocycles. The molecule has 0 fully saturated rings. The fourth-order valence-corrected chi connectivity index (χ4v) is 3.20. The van der Waals surface area contributed by atoms with Crippen LogP contribution in [0.25, 0.3) is 4.96 Å². The van der Waals surface area contributed by atoms with Crippen LogP contribution in [0.1, 0.15) is 12.6 Å². The van der Waals surface area contributed by atoms with Crippen LogP contribution in [0, 0.1) is 0 Å². The number of benzene rings is 1. The highest BCUT2D eigenvalue weighted by molar-refractivity contribution is 7.15. The third-order valence-corrected chi connectivity index (χ3v) is 4.12. The zero-order valence-corrected chi connectivity index (χ0v) is 12.2. The lowest BCUT2D eigenvalue weighted by Crippen LogP contribution is -2.17. The first-order chi connectivity index (χ1) is 9.35. The molecule has 0 spiro atoms. The first-order valence-corrected chi connectivity index (χ1v) is 7.59. The van der Waals surface area contributed by atoms with Crippen molar-refractivity contribution in [3.63, 3.8) is 0 Å². The summed E-state index contributed by atoms with van der Waals surface area (Å²) in [5.74, 6) is 1.41. The number of halogens is 1. The molecule has 98 valence electrons. The highest BCUT2D eigenvalue weighted by atomic mass is 35.5. The van der Waals surface area contributed by atoms with Crippen molar-refractivity contribution in [2.24, 2.45) is 0 Å². The van der Waals surface area contributed by atoms with E-state index in [4.69, 9.17) is 16.6 Å². The lowest BCUT2D eigenvalue weighted by molar-refractivity contribution is 0.981. The molecule has 0 unspecified atom stereocenters. The van der Waals surface area contributed by atoms with E-state index in [-0.39, 0.29) is 0 Å². The third-order valence-electron chi connectivity index (χ3n) is 3.11. The number of anilines is 2. The van der Waals surface area contributed by atoms with E-state index in [1.54, 1.807) is 11.3 Å². The van der Waals surface area contributed by atoms with E-state index in [9.17, 15) is 0 Å². The van der Waals surface area contributed by atoms with Crippen LogP contribution in [0.15, 0.2) is 41.9 Å². The summed E-state index contributed by atoms with van der Waals surface area (Å²) >= 11 is 7.74. The van der Waals surface area contributed by atoms with Gasteiger partial charge in [0.15, 0.2) is 10.8 Å². The second-order valence-corrected chi connectivity index (χ2v) is 5.29. The summed E-state index contributed by atoms with van der Waals surface area (Å²) in [6.07, 6.45) is 2.02. The number of hydrogen-bond donors (Lipinski definition) is 0. The molecule has 3 nitrogen and oxygen atoms in total. The van der Waals surface area contributed by atoms with E-state index >= 15 is 0 Å². The quantitative estimate of drug-likeness (QED) is 0.668. The van der Waals surface area contributed by atoms with Gasteiger partial charge in [0.25, 0.3) is 0 Å². The van der Waals surface area contributed by atoms with E-state index in [0.717, 1.165) is 28.7 Å². The third kappa shape index (κ3) is 2.11. The monoisotopic (exact) mass is 291 g/mol. The van der Waals surface area contributed by atoms with E-state index in [0.29, 0.717) is 5.88 Å². The van der Waals surface area contributed by atoms with Crippen LogP contribution in [0.5, 0.6) is 0 Å². The number of para-hydroxylation sites is 1. The molecule has 2 heterocycles. The van der Waals surface area contributed by atoms with Crippen LogP contribution in [-0.2, 0) is 5.88 Å². The summed E-state index contributed by atoms with van der Waals surface area (Å²) in [6, 6.07) is 10.3. The second-order valence-electron chi connectivity index (χ2n) is 4.15. The van der Waals surface area contributed by atoms with Crippen molar-refractivity contribution >= 4 is 39.4 Å². The smallest absolute Gasteiger partial charge is 0.195 e. The minimum Gasteiger partial charge on any atom is -0.325 e. The highest BCUT2D eigenvalue weighted by Crippen LogP contribution is 2.30. The Labute approximate surface area is 121 Å². The molecule has 0 amide bonds. The minimum absolute atomic E-state index is 0.455. The van der Waals surface area contributed by atoms with Gasteiger partial charge >= 0.3 is 0 Å². The molecule has 3 aromatic rings. The second kappa shape index (κ2) is 5.23. The van der Waals surface area contributed by atoms with Crippen molar-refractivity contribution < 1.29 is 0 Å². The van der Waals surface area contributed by atoms with Crippen LogP contribution in [-0.4, -0.2) is 15.9 Å². The van der Waals surface area contributed by atoms with Gasteiger partial charge in [0.05, 0.1) is 11.6 Å². The highest BCUT2D eigenvalue weighted by Gasteiger charge is 2.18. The van der Waals surface area contributed by atoms with Crippen LogP contribution in [0.3, 0.4) is 0 Å². The Kier molecular flexibility index (Phi) is 3.44. The zero-order valence-electron chi connectivity index (χ0n) is 10.6. The standard InChI is InChI=1S/C14H14ClN3S/c1-2-17(11-6-4-3-5-7-11)13-12(10-15)18-8-9-19-14(18)16-13/h3-9H,2,10H2,1H3. The summed E-state index contributed by atoms with van der Waals surface area (Å²) < 4.78 is 2.07. The van der Waals surface area contributed by atoms with Gasteiger partial charge in [0, 0.05) is 23.8 Å². The predicted molar refractivity (Wildman–Crippen MR) is 81.7 cm³/mol. The van der Waals surface area contributed by atoms with Gasteiger partial charge in [-0.25, -0.2) is 4.98 Å². The molecule has 0 bridgehead atoms. The molecule has 0 N–H and O–H groups in total. The zero-order chi connectivity index (χ0) is 13.2. The summed E-state index contributed by atoms with van der Waals surface area (Å²) in [4.78, 5) is 7.89. The van der Waals surface area contributed by atoms with Gasteiger partial charge < -0.3 is 4.90 Å². The Morgan fingerprint density at radius 2 is 2.11 bits per heavy atom. The number of alkyl halides is 1. The molecule has 0 saturated heterocycles. The van der Waals surface area contributed by atoms with Crippen LogP contribution < -0.4 is 4.90 Å². The van der Waals surface area contributed by atoms with Crippen LogP contribution in [0.2, 0.25) is 0 Å². The SMILES string of the molecule is CCN(c1ccccc1)c1nc2sccn2c1CCl. The van der Waals surface area contributed by atoms with Crippen molar-refractivity contribution in [1.29, 1.82) is 0 Å². The molecule has 5 heteroatoms. The molecule has 0 saturated carbocycles. The first kappa shape index (κ1) is 12.5. The van der Waals surface area contributed by atoms with E-state index in [1.165, 1.54) is 0 Å². The maximum atomic E-state index is 6.11. The topological polar surface area (TPSA) is 20.5 Å². The molecule has 0 atom stereocenters. The van der Waals surface area contributed by atoms with Crippen molar-refractivity contribution in [2.45, 2.75) is 12.8 Å². The van der Waals surface area contributed by atoms with Gasteiger partial charge in [-0.05, 0) is 19.1 Å². The summed E-state index contributed by atoms with van der Waals surface area (Å²) in [6.45, 7) is 2.98. The molecule has 0 aliphatic carbocycles. The number of imidazole rings is 1. The lowest BCUT2D eigenvalue weighted by Gasteiger charge is -2.21. The predicted octanol–water partition coefficient (Wildman–Crippen LogP) is 4.29. The van der Waals surface area contributed by atoms with Gasteiger partial charge in [0.1, 0.15) is 0 Å². The first-order valence-electron chi connectivity index (χ1n) is 6.18. The average molecular weight is 292 g/mol. The molecule has 2 aromatic heterocycles. The van der Waals surface area contributed by atoms with Crippen LogP contribution >= 0.6 is 22.9 Å². The Bertz CT molecular complexity index is 674. The van der Waals surface area contributed by atoms with Gasteiger partial charge in [-0.1, -0.05) is 18.2 Å². The van der Waals surface area contributed by atoms with Gasteiger partial charge in [-0.3, -0.25) is 4.40 Å². The van der Waals surface area contributed by atoms with Crippen molar-refractivity contribution in [2.75, 3.05) is 11.4 Å². The Morgan fingerprint density at radius 3 is 2.79 bits per heavy atom. The van der Waals surface area contributed by atoms with E-state index in [1.807, 2.05) is 29.8 Å². The Morgan fingerprint density at radius 1 is 1.32 bits per heavy atom. The molecular formula is C14H14ClN3S. The van der Waals surface area contributed by atoms with Gasteiger partial charge in [0.2, 0.25) is 0 Å². The molecular weight excluding hydrogens is 278 g/mol. The number of hydrogen-bond acceptors (Lipinski definition) is 3. The number of aromatic nitrogens is 2. The number of thiazole rings is 1. The lowest BCUT2D eigenvalue weighted by atomic mass is 10.2. The van der Waals surface area contributed by atoms with E-state index < -0.39 is 0 Å². The van der Waals surface area contributed by atoms with Crippen molar-refractivity contribution in [1.82, 2.24) is 9.38 Å². The maximum Gasteiger partial charge on any atom is 0.195 e. The number of nitrogens with zero attached hydrogens (tertiary/aromatic N) is 3. The fourth-order valence-electron chi connectivity index (χ4n) is 2.22. The fraction of sp³-hybridized carbons (Fsp3) is 0.214. The molecule has 1 aromatic carbocycles. The van der Waals surface area contributed by atoms with Crippen molar-refractivity contribution in [3.8, 4) is 0 Å². The summed E-state index contributed by atoms with van der Waals surface area (Å²) in [5.41, 5.74) is 2.19. The maximum absolute atomic E-state index is 6.11. The number of fused-ring (bicyclic) bond motifs is 1. The van der Waals surface area contributed by atoms with Crippen molar-refractivity contribution in [3.05, 3.63) is 47.6 Å². The summed E-state index contributed by atoms with van der Waals surface area (Å²) in [5, 5.41) is 2.03.